The Morgan fingerprint density at radius 2 is 2.05 bits per heavy atom. The van der Waals surface area contributed by atoms with E-state index in [1.54, 1.807) is 12.3 Å². The van der Waals surface area contributed by atoms with Crippen LogP contribution in [-0.4, -0.2) is 71.8 Å². The number of likely N-dealkylation sites (tertiary alicyclic amines) is 1. The highest BCUT2D eigenvalue weighted by Crippen LogP contribution is 2.37. The first kappa shape index (κ1) is 25.7. The molecule has 0 amide bonds. The quantitative estimate of drug-likeness (QED) is 0.369. The molecule has 0 saturated carbocycles. The predicted octanol–water partition coefficient (Wildman–Crippen LogP) is 4.80. The van der Waals surface area contributed by atoms with Gasteiger partial charge in [0.25, 0.3) is 0 Å². The predicted molar refractivity (Wildman–Crippen MR) is 151 cm³/mol. The second kappa shape index (κ2) is 10.9. The van der Waals surface area contributed by atoms with Crippen molar-refractivity contribution in [3.05, 3.63) is 53.4 Å². The molecule has 8 nitrogen and oxygen atoms in total. The minimum Gasteiger partial charge on any atom is -0.462 e. The molecule has 1 N–H and O–H groups in total. The summed E-state index contributed by atoms with van der Waals surface area (Å²) in [5.41, 5.74) is 0.929. The van der Waals surface area contributed by atoms with Gasteiger partial charge in [0.15, 0.2) is 5.82 Å². The Balaban J connectivity index is 1.47. The molecule has 2 fully saturated rings. The van der Waals surface area contributed by atoms with Crippen LogP contribution in [0.25, 0.3) is 32.9 Å². The van der Waals surface area contributed by atoms with Crippen LogP contribution in [0.3, 0.4) is 0 Å². The smallest absolute Gasteiger partial charge is 0.319 e. The number of likely N-dealkylation sites (N-methyl/N-ethyl adjacent to an activating group) is 1. The molecule has 0 bridgehead atoms. The van der Waals surface area contributed by atoms with Gasteiger partial charge in [-0.1, -0.05) is 41.9 Å². The van der Waals surface area contributed by atoms with E-state index in [2.05, 4.69) is 38.2 Å². The highest BCUT2D eigenvalue weighted by atomic mass is 35.5. The number of ether oxygens (including phenoxy) is 1. The van der Waals surface area contributed by atoms with Crippen LogP contribution in [0.5, 0.6) is 6.01 Å². The minimum absolute atomic E-state index is 0.0137. The van der Waals surface area contributed by atoms with Crippen molar-refractivity contribution in [1.29, 1.82) is 5.26 Å². The first-order valence-electron chi connectivity index (χ1n) is 13.3. The van der Waals surface area contributed by atoms with Crippen LogP contribution in [0.2, 0.25) is 5.02 Å². The van der Waals surface area contributed by atoms with Crippen molar-refractivity contribution in [2.45, 2.75) is 31.3 Å². The second-order valence-corrected chi connectivity index (χ2v) is 10.6. The lowest BCUT2D eigenvalue weighted by Crippen LogP contribution is -2.51. The number of hydrogen-bond acceptors (Lipinski definition) is 8. The van der Waals surface area contributed by atoms with Crippen molar-refractivity contribution in [2.75, 3.05) is 44.7 Å². The zero-order valence-corrected chi connectivity index (χ0v) is 22.5. The van der Waals surface area contributed by atoms with E-state index in [9.17, 15) is 5.26 Å². The van der Waals surface area contributed by atoms with Gasteiger partial charge in [-0.15, -0.1) is 0 Å². The fourth-order valence-electron chi connectivity index (χ4n) is 5.63. The summed E-state index contributed by atoms with van der Waals surface area (Å²) < 4.78 is 22.5. The first-order valence-corrected chi connectivity index (χ1v) is 13.6. The minimum atomic E-state index is -0.546. The van der Waals surface area contributed by atoms with Crippen LogP contribution < -0.4 is 15.0 Å². The van der Waals surface area contributed by atoms with Gasteiger partial charge in [-0.3, -0.25) is 4.98 Å². The Morgan fingerprint density at radius 1 is 1.21 bits per heavy atom. The highest BCUT2D eigenvalue weighted by Gasteiger charge is 2.27. The van der Waals surface area contributed by atoms with Crippen LogP contribution in [0.4, 0.5) is 10.2 Å². The SMILES string of the molecule is CN1CCCC1COc1nc(N2CCNC(CC#N)C2)c2cnc(-c3cccc4cccc(Cl)c34)c(F)c2n1. The molecule has 200 valence electrons. The molecule has 2 aromatic heterocycles. The van der Waals surface area contributed by atoms with Gasteiger partial charge >= 0.3 is 6.01 Å². The van der Waals surface area contributed by atoms with Crippen molar-refractivity contribution < 1.29 is 9.13 Å². The molecule has 0 aliphatic carbocycles. The molecular weight excluding hydrogens is 517 g/mol. The second-order valence-electron chi connectivity index (χ2n) is 10.2. The van der Waals surface area contributed by atoms with Crippen LogP contribution >= 0.6 is 11.6 Å². The molecule has 0 spiro atoms. The Kier molecular flexibility index (Phi) is 7.17. The molecule has 2 aromatic carbocycles. The van der Waals surface area contributed by atoms with Crippen LogP contribution in [0, 0.1) is 17.1 Å². The fourth-order valence-corrected chi connectivity index (χ4v) is 5.92. The largest absolute Gasteiger partial charge is 0.462 e. The number of nitrogens with one attached hydrogen (secondary N) is 1. The number of benzene rings is 2. The monoisotopic (exact) mass is 545 g/mol. The van der Waals surface area contributed by atoms with E-state index in [0.29, 0.717) is 54.5 Å². The first-order chi connectivity index (χ1) is 19.0. The number of anilines is 1. The maximum Gasteiger partial charge on any atom is 0.319 e. The summed E-state index contributed by atoms with van der Waals surface area (Å²) in [6.07, 6.45) is 4.16. The molecule has 6 rings (SSSR count). The standard InChI is InChI=1S/C29H29ClFN7O/c1-37-13-4-7-20(37)17-39-29-35-27-22(28(36-29)38-14-12-33-19(16-38)10-11-32)15-34-26(25(27)31)21-8-2-5-18-6-3-9-23(30)24(18)21/h2-3,5-6,8-9,15,19-20,33H,4,7,10,12-14,16-17H2,1H3. The highest BCUT2D eigenvalue weighted by molar-refractivity contribution is 6.36. The van der Waals surface area contributed by atoms with Gasteiger partial charge in [-0.05, 0) is 37.9 Å². The molecule has 10 heteroatoms. The van der Waals surface area contributed by atoms with Gasteiger partial charge in [0.1, 0.15) is 23.6 Å². The van der Waals surface area contributed by atoms with Gasteiger partial charge in [0.05, 0.1) is 17.9 Å². The van der Waals surface area contributed by atoms with Crippen molar-refractivity contribution in [2.24, 2.45) is 0 Å². The molecule has 2 atom stereocenters. The number of fused-ring (bicyclic) bond motifs is 2. The lowest BCUT2D eigenvalue weighted by Gasteiger charge is -2.34. The molecule has 2 aliphatic heterocycles. The molecule has 4 heterocycles. The molecule has 39 heavy (non-hydrogen) atoms. The maximum atomic E-state index is 16.4. The number of aromatic nitrogens is 3. The zero-order valence-electron chi connectivity index (χ0n) is 21.7. The Bertz CT molecular complexity index is 1570. The Hall–Kier alpha value is -3.58. The van der Waals surface area contributed by atoms with Crippen molar-refractivity contribution in [1.82, 2.24) is 25.2 Å². The number of nitrogens with zero attached hydrogens (tertiary/aromatic N) is 6. The normalized spacial score (nSPS) is 20.0. The number of nitriles is 1. The van der Waals surface area contributed by atoms with E-state index < -0.39 is 5.82 Å². The summed E-state index contributed by atoms with van der Waals surface area (Å²) in [7, 11) is 2.08. The van der Waals surface area contributed by atoms with E-state index in [0.717, 1.165) is 30.2 Å². The molecular formula is C29H29ClFN7O. The topological polar surface area (TPSA) is 90.2 Å². The lowest BCUT2D eigenvalue weighted by atomic mass is 10.0. The summed E-state index contributed by atoms with van der Waals surface area (Å²) in [5.74, 6) is 0.0169. The molecule has 2 saturated heterocycles. The average Bonchev–Trinajstić information content (AvgIpc) is 3.36. The zero-order chi connectivity index (χ0) is 26.9. The molecule has 0 radical (unpaired) electrons. The van der Waals surface area contributed by atoms with Gasteiger partial charge < -0.3 is 19.9 Å². The van der Waals surface area contributed by atoms with Crippen molar-refractivity contribution in [3.8, 4) is 23.3 Å². The van der Waals surface area contributed by atoms with E-state index in [4.69, 9.17) is 21.3 Å². The van der Waals surface area contributed by atoms with Gasteiger partial charge in [0, 0.05) is 53.9 Å². The van der Waals surface area contributed by atoms with Gasteiger partial charge in [-0.25, -0.2) is 4.39 Å². The summed E-state index contributed by atoms with van der Waals surface area (Å²) in [5, 5.41) is 15.3. The van der Waals surface area contributed by atoms with Crippen molar-refractivity contribution in [3.63, 3.8) is 0 Å². The van der Waals surface area contributed by atoms with Gasteiger partial charge in [-0.2, -0.15) is 15.2 Å². The van der Waals surface area contributed by atoms with Crippen molar-refractivity contribution >= 4 is 39.1 Å². The molecule has 4 aromatic rings. The molecule has 2 aliphatic rings. The summed E-state index contributed by atoms with van der Waals surface area (Å²) in [6.45, 7) is 3.35. The Labute approximate surface area is 231 Å². The van der Waals surface area contributed by atoms with E-state index >= 15 is 4.39 Å². The van der Waals surface area contributed by atoms with E-state index in [1.807, 2.05) is 30.3 Å². The Morgan fingerprint density at radius 3 is 2.85 bits per heavy atom. The number of rotatable bonds is 6. The number of halogens is 2. The van der Waals surface area contributed by atoms with E-state index in [-0.39, 0.29) is 29.3 Å². The van der Waals surface area contributed by atoms with E-state index in [1.165, 1.54) is 0 Å². The maximum absolute atomic E-state index is 16.4. The lowest BCUT2D eigenvalue weighted by molar-refractivity contribution is 0.188. The fraction of sp³-hybridized carbons (Fsp3) is 0.379. The van der Waals surface area contributed by atoms with Crippen LogP contribution in [0.15, 0.2) is 42.6 Å². The summed E-state index contributed by atoms with van der Waals surface area (Å²) in [6, 6.07) is 13.9. The van der Waals surface area contributed by atoms with Gasteiger partial charge in [0.2, 0.25) is 0 Å². The molecule has 2 unspecified atom stereocenters. The van der Waals surface area contributed by atoms with Crippen LogP contribution in [-0.2, 0) is 0 Å². The average molecular weight is 546 g/mol. The van der Waals surface area contributed by atoms with Crippen LogP contribution in [0.1, 0.15) is 19.3 Å². The third-order valence-corrected chi connectivity index (χ3v) is 8.04. The summed E-state index contributed by atoms with van der Waals surface area (Å²) >= 11 is 6.55. The third-order valence-electron chi connectivity index (χ3n) is 7.72. The summed E-state index contributed by atoms with van der Waals surface area (Å²) in [4.78, 5) is 18.2. The third kappa shape index (κ3) is 4.96. The number of pyridine rings is 1. The number of piperazine rings is 1. The number of hydrogen-bond donors (Lipinski definition) is 1.